The first-order valence-corrected chi connectivity index (χ1v) is 13.7. The van der Waals surface area contributed by atoms with E-state index in [1.54, 1.807) is 11.3 Å². The molecule has 3 N–H and O–H groups in total. The van der Waals surface area contributed by atoms with E-state index < -0.39 is 17.4 Å². The van der Waals surface area contributed by atoms with Crippen LogP contribution in [0.5, 0.6) is 0 Å². The van der Waals surface area contributed by atoms with E-state index in [9.17, 15) is 13.2 Å². The lowest BCUT2D eigenvalue weighted by Crippen LogP contribution is -2.49. The first kappa shape index (κ1) is 28.0. The van der Waals surface area contributed by atoms with Crippen LogP contribution in [-0.2, 0) is 11.0 Å². The van der Waals surface area contributed by atoms with Crippen LogP contribution in [-0.4, -0.2) is 67.5 Å². The van der Waals surface area contributed by atoms with Gasteiger partial charge in [0.25, 0.3) is 6.47 Å². The van der Waals surface area contributed by atoms with E-state index in [0.717, 1.165) is 67.6 Å². The van der Waals surface area contributed by atoms with Crippen LogP contribution in [0.3, 0.4) is 0 Å². The quantitative estimate of drug-likeness (QED) is 0.324. The van der Waals surface area contributed by atoms with Crippen molar-refractivity contribution in [3.8, 4) is 10.4 Å². The van der Waals surface area contributed by atoms with Crippen molar-refractivity contribution in [3.05, 3.63) is 46.8 Å². The fourth-order valence-corrected chi connectivity index (χ4v) is 6.51. The molecule has 3 heterocycles. The molecule has 0 spiro atoms. The number of alkyl halides is 4. The summed E-state index contributed by atoms with van der Waals surface area (Å²) in [4.78, 5) is 13.0. The minimum Gasteiger partial charge on any atom is -0.483 e. The van der Waals surface area contributed by atoms with Gasteiger partial charge >= 0.3 is 6.18 Å². The molecule has 1 aromatic carbocycles. The van der Waals surface area contributed by atoms with Gasteiger partial charge in [-0.1, -0.05) is 12.1 Å². The van der Waals surface area contributed by atoms with Gasteiger partial charge in [0.05, 0.1) is 5.56 Å². The number of rotatable bonds is 7. The van der Waals surface area contributed by atoms with Crippen LogP contribution in [0.1, 0.15) is 48.5 Å². The molecule has 10 heteroatoms. The standard InChI is InChI=1S/C26H33F4N3S.CH2O2/c27-25(9-13-33(14-10-25)16-18-7-11-31-12-8-18)17-32-22-15-21(22)24-6-5-23(34-24)19-1-3-20(4-2-19)26(28,29)30;2-1-3/h1-6,18,21-22,31-32H,7-17H2;1H,(H,2,3). The largest absolute Gasteiger partial charge is 0.483 e. The topological polar surface area (TPSA) is 64.6 Å². The molecule has 37 heavy (non-hydrogen) atoms. The van der Waals surface area contributed by atoms with Gasteiger partial charge in [-0.15, -0.1) is 11.3 Å². The number of likely N-dealkylation sites (tertiary alicyclic amines) is 1. The Morgan fingerprint density at radius 1 is 1.11 bits per heavy atom. The third-order valence-electron chi connectivity index (χ3n) is 7.69. The average molecular weight is 542 g/mol. The molecule has 1 aromatic heterocycles. The zero-order valence-electron chi connectivity index (χ0n) is 20.8. The van der Waals surface area contributed by atoms with Gasteiger partial charge in [-0.2, -0.15) is 13.2 Å². The van der Waals surface area contributed by atoms with Gasteiger partial charge < -0.3 is 20.6 Å². The van der Waals surface area contributed by atoms with Gasteiger partial charge in [-0.05, 0) is 80.9 Å². The summed E-state index contributed by atoms with van der Waals surface area (Å²) in [6, 6.07) is 9.67. The third-order valence-corrected chi connectivity index (χ3v) is 8.95. The van der Waals surface area contributed by atoms with Crippen molar-refractivity contribution in [2.45, 2.75) is 55.9 Å². The summed E-state index contributed by atoms with van der Waals surface area (Å²) in [7, 11) is 0. The van der Waals surface area contributed by atoms with Crippen molar-refractivity contribution in [2.75, 3.05) is 39.3 Å². The molecule has 2 aromatic rings. The Kier molecular flexibility index (Phi) is 9.26. The molecule has 3 aliphatic rings. The summed E-state index contributed by atoms with van der Waals surface area (Å²) < 4.78 is 53.8. The number of nitrogens with one attached hydrogen (secondary N) is 2. The number of piperidine rings is 2. The SMILES string of the molecule is FC1(CNC2CC2c2ccc(-c3ccc(C(F)(F)F)cc3)s2)CCN(CC2CCNCC2)CC1.O=CO. The van der Waals surface area contributed by atoms with E-state index in [1.807, 2.05) is 6.07 Å². The fourth-order valence-electron chi connectivity index (χ4n) is 5.32. The average Bonchev–Trinajstić information content (AvgIpc) is 3.50. The summed E-state index contributed by atoms with van der Waals surface area (Å²) in [5.41, 5.74) is -0.955. The number of carbonyl (C=O) groups is 1. The summed E-state index contributed by atoms with van der Waals surface area (Å²) in [5.74, 6) is 1.12. The smallest absolute Gasteiger partial charge is 0.416 e. The van der Waals surface area contributed by atoms with Crippen molar-refractivity contribution < 1.29 is 27.5 Å². The lowest BCUT2D eigenvalue weighted by Gasteiger charge is -2.38. The Bertz CT molecular complexity index is 1000. The van der Waals surface area contributed by atoms with E-state index in [-0.39, 0.29) is 6.47 Å². The number of hydrogen-bond donors (Lipinski definition) is 3. The Labute approximate surface area is 219 Å². The highest BCUT2D eigenvalue weighted by Gasteiger charge is 2.42. The molecule has 3 fully saturated rings. The molecule has 0 amide bonds. The molecule has 5 rings (SSSR count). The summed E-state index contributed by atoms with van der Waals surface area (Å²) in [6.45, 7) is 5.17. The Hall–Kier alpha value is -2.01. The second-order valence-corrected chi connectivity index (χ2v) is 11.5. The maximum atomic E-state index is 15.4. The Balaban J connectivity index is 0.00000102. The molecule has 204 valence electrons. The van der Waals surface area contributed by atoms with Crippen molar-refractivity contribution in [1.82, 2.24) is 15.5 Å². The van der Waals surface area contributed by atoms with Crippen molar-refractivity contribution in [3.63, 3.8) is 0 Å². The minimum atomic E-state index is -4.32. The Morgan fingerprint density at radius 2 is 1.76 bits per heavy atom. The summed E-state index contributed by atoms with van der Waals surface area (Å²) >= 11 is 1.62. The van der Waals surface area contributed by atoms with Crippen LogP contribution in [0.4, 0.5) is 17.6 Å². The molecular formula is C27H35F4N3O2S. The third kappa shape index (κ3) is 7.75. The monoisotopic (exact) mass is 541 g/mol. The van der Waals surface area contributed by atoms with Crippen LogP contribution in [0.15, 0.2) is 36.4 Å². The predicted octanol–water partition coefficient (Wildman–Crippen LogP) is 5.38. The first-order chi connectivity index (χ1) is 17.7. The van der Waals surface area contributed by atoms with Crippen LogP contribution in [0, 0.1) is 5.92 Å². The molecule has 1 saturated carbocycles. The van der Waals surface area contributed by atoms with Gasteiger partial charge in [-0.25, -0.2) is 4.39 Å². The van der Waals surface area contributed by atoms with Crippen LogP contribution < -0.4 is 10.6 Å². The molecule has 2 atom stereocenters. The maximum absolute atomic E-state index is 15.4. The first-order valence-electron chi connectivity index (χ1n) is 12.9. The normalized spacial score (nSPS) is 24.2. The number of thiophene rings is 1. The molecule has 1 aliphatic carbocycles. The second-order valence-electron chi connectivity index (χ2n) is 10.4. The van der Waals surface area contributed by atoms with E-state index in [2.05, 4.69) is 21.6 Å². The lowest BCUT2D eigenvalue weighted by molar-refractivity contribution is -0.137. The van der Waals surface area contributed by atoms with Gasteiger partial charge in [-0.3, -0.25) is 4.79 Å². The molecule has 2 unspecified atom stereocenters. The van der Waals surface area contributed by atoms with E-state index in [4.69, 9.17) is 9.90 Å². The van der Waals surface area contributed by atoms with Gasteiger partial charge in [0, 0.05) is 47.9 Å². The van der Waals surface area contributed by atoms with Crippen molar-refractivity contribution in [2.24, 2.45) is 5.92 Å². The fraction of sp³-hybridized carbons (Fsp3) is 0.593. The molecule has 2 aliphatic heterocycles. The number of benzene rings is 1. The molecular weight excluding hydrogens is 506 g/mol. The second kappa shape index (κ2) is 12.2. The number of hydrogen-bond acceptors (Lipinski definition) is 5. The highest BCUT2D eigenvalue weighted by molar-refractivity contribution is 7.15. The number of nitrogens with zero attached hydrogens (tertiary/aromatic N) is 1. The van der Waals surface area contributed by atoms with Crippen LogP contribution >= 0.6 is 11.3 Å². The maximum Gasteiger partial charge on any atom is 0.416 e. The lowest BCUT2D eigenvalue weighted by atomic mass is 9.91. The summed E-state index contributed by atoms with van der Waals surface area (Å²) in [6.07, 6.45) is 0.323. The number of halogens is 4. The van der Waals surface area contributed by atoms with E-state index >= 15 is 4.39 Å². The van der Waals surface area contributed by atoms with Crippen LogP contribution in [0.25, 0.3) is 10.4 Å². The highest BCUT2D eigenvalue weighted by Crippen LogP contribution is 2.46. The zero-order valence-corrected chi connectivity index (χ0v) is 21.6. The minimum absolute atomic E-state index is 0.250. The van der Waals surface area contributed by atoms with E-state index in [1.165, 1.54) is 29.9 Å². The Morgan fingerprint density at radius 3 is 2.38 bits per heavy atom. The van der Waals surface area contributed by atoms with Gasteiger partial charge in [0.2, 0.25) is 0 Å². The zero-order chi connectivity index (χ0) is 26.5. The molecule has 2 saturated heterocycles. The highest BCUT2D eigenvalue weighted by atomic mass is 32.1. The van der Waals surface area contributed by atoms with Crippen LogP contribution in [0.2, 0.25) is 0 Å². The predicted molar refractivity (Wildman–Crippen MR) is 138 cm³/mol. The van der Waals surface area contributed by atoms with Crippen molar-refractivity contribution in [1.29, 1.82) is 0 Å². The molecule has 5 nitrogen and oxygen atoms in total. The summed E-state index contributed by atoms with van der Waals surface area (Å²) in [5, 5.41) is 13.8. The van der Waals surface area contributed by atoms with Crippen molar-refractivity contribution >= 4 is 17.8 Å². The van der Waals surface area contributed by atoms with Gasteiger partial charge in [0.15, 0.2) is 0 Å². The van der Waals surface area contributed by atoms with E-state index in [0.29, 0.717) is 31.3 Å². The number of carboxylic acid groups (broad SMARTS) is 1. The molecule has 0 radical (unpaired) electrons. The van der Waals surface area contributed by atoms with Gasteiger partial charge in [0.1, 0.15) is 5.67 Å². The molecule has 0 bridgehead atoms.